The molecule has 1 aliphatic heterocycles. The van der Waals surface area contributed by atoms with Crippen molar-refractivity contribution in [1.29, 1.82) is 0 Å². The summed E-state index contributed by atoms with van der Waals surface area (Å²) in [6, 6.07) is 6.54. The lowest BCUT2D eigenvalue weighted by molar-refractivity contribution is 0.210. The molecule has 1 saturated heterocycles. The number of unbranched alkanes of at least 4 members (excludes halogenated alkanes) is 1. The van der Waals surface area contributed by atoms with Crippen LogP contribution in [0.2, 0.25) is 0 Å². The largest absolute Gasteiger partial charge is 0.361 e. The van der Waals surface area contributed by atoms with Crippen LogP contribution < -0.4 is 10.2 Å². The minimum Gasteiger partial charge on any atom is -0.361 e. The number of H-pyrrole nitrogens is 1. The lowest BCUT2D eigenvalue weighted by Gasteiger charge is -2.32. The predicted molar refractivity (Wildman–Crippen MR) is 123 cm³/mol. The van der Waals surface area contributed by atoms with Crippen molar-refractivity contribution in [2.75, 3.05) is 24.5 Å². The molecule has 1 aromatic carbocycles. The molecule has 0 unspecified atom stereocenters. The summed E-state index contributed by atoms with van der Waals surface area (Å²) in [5.41, 5.74) is 3.53. The second-order valence-electron chi connectivity index (χ2n) is 9.01. The van der Waals surface area contributed by atoms with E-state index in [9.17, 15) is 4.79 Å². The molecule has 0 aliphatic carbocycles. The second-order valence-corrected chi connectivity index (χ2v) is 9.01. The number of nitrogens with zero attached hydrogens (tertiary/aromatic N) is 2. The Morgan fingerprint density at radius 1 is 1.24 bits per heavy atom. The fourth-order valence-electron chi connectivity index (χ4n) is 4.43. The molecule has 2 N–H and O–H groups in total. The van der Waals surface area contributed by atoms with Gasteiger partial charge in [0.1, 0.15) is 0 Å². The van der Waals surface area contributed by atoms with E-state index in [0.717, 1.165) is 11.2 Å². The first-order chi connectivity index (χ1) is 13.9. The van der Waals surface area contributed by atoms with Crippen molar-refractivity contribution in [2.45, 2.75) is 78.3 Å². The fourth-order valence-corrected chi connectivity index (χ4v) is 4.43. The van der Waals surface area contributed by atoms with Crippen LogP contribution in [-0.4, -0.2) is 47.6 Å². The summed E-state index contributed by atoms with van der Waals surface area (Å²) < 4.78 is 0. The average Bonchev–Trinajstić information content (AvgIpc) is 3.09. The summed E-state index contributed by atoms with van der Waals surface area (Å²) in [7, 11) is 0. The molecule has 0 bridgehead atoms. The molecule has 5 nitrogen and oxygen atoms in total. The number of aromatic amines is 1. The van der Waals surface area contributed by atoms with Crippen LogP contribution in [0.4, 0.5) is 10.5 Å². The van der Waals surface area contributed by atoms with E-state index < -0.39 is 0 Å². The zero-order valence-corrected chi connectivity index (χ0v) is 18.8. The van der Waals surface area contributed by atoms with Crippen molar-refractivity contribution >= 4 is 22.6 Å². The maximum absolute atomic E-state index is 12.8. The molecule has 1 aliphatic rings. The third kappa shape index (κ3) is 5.13. The topological polar surface area (TPSA) is 51.4 Å². The Hall–Kier alpha value is -2.01. The molecule has 0 saturated carbocycles. The number of hydrogen-bond acceptors (Lipinski definition) is 2. The lowest BCUT2D eigenvalue weighted by Crippen LogP contribution is -2.46. The van der Waals surface area contributed by atoms with Crippen molar-refractivity contribution in [2.24, 2.45) is 0 Å². The third-order valence-electron chi connectivity index (χ3n) is 5.98. The smallest absolute Gasteiger partial charge is 0.322 e. The van der Waals surface area contributed by atoms with Gasteiger partial charge < -0.3 is 15.2 Å². The second kappa shape index (κ2) is 9.66. The molecule has 160 valence electrons. The lowest BCUT2D eigenvalue weighted by atomic mass is 9.89. The van der Waals surface area contributed by atoms with Gasteiger partial charge in [-0.1, -0.05) is 13.3 Å². The van der Waals surface area contributed by atoms with Gasteiger partial charge in [0.05, 0.1) is 0 Å². The van der Waals surface area contributed by atoms with Crippen LogP contribution in [-0.2, 0) is 0 Å². The van der Waals surface area contributed by atoms with Crippen LogP contribution in [0.5, 0.6) is 0 Å². The molecule has 0 radical (unpaired) electrons. The molecule has 0 spiro atoms. The van der Waals surface area contributed by atoms with Crippen molar-refractivity contribution in [3.8, 4) is 0 Å². The maximum Gasteiger partial charge on any atom is 0.322 e. The number of anilines is 1. The van der Waals surface area contributed by atoms with Crippen LogP contribution in [0, 0.1) is 0 Å². The summed E-state index contributed by atoms with van der Waals surface area (Å²) in [5.74, 6) is 0.592. The third-order valence-corrected chi connectivity index (χ3v) is 5.98. The number of likely N-dealkylation sites (tertiary alicyclic amines) is 1. The number of piperidine rings is 1. The van der Waals surface area contributed by atoms with E-state index in [-0.39, 0.29) is 18.1 Å². The monoisotopic (exact) mass is 398 g/mol. The van der Waals surface area contributed by atoms with Crippen molar-refractivity contribution in [3.05, 3.63) is 30.0 Å². The normalized spacial score (nSPS) is 16.1. The van der Waals surface area contributed by atoms with E-state index in [1.165, 1.54) is 56.3 Å². The van der Waals surface area contributed by atoms with Gasteiger partial charge in [-0.15, -0.1) is 0 Å². The Kier molecular flexibility index (Phi) is 7.23. The summed E-state index contributed by atoms with van der Waals surface area (Å²) in [6.45, 7) is 14.0. The maximum atomic E-state index is 12.8. The van der Waals surface area contributed by atoms with Crippen LogP contribution >= 0.6 is 0 Å². The molecular formula is C24H38N4O. The number of rotatable bonds is 7. The number of carbonyl (C=O) groups excluding carboxylic acids is 1. The van der Waals surface area contributed by atoms with Gasteiger partial charge in [-0.2, -0.15) is 0 Å². The van der Waals surface area contributed by atoms with E-state index in [0.29, 0.717) is 5.92 Å². The molecular weight excluding hydrogens is 360 g/mol. The number of urea groups is 1. The minimum atomic E-state index is -0.0318. The standard InChI is InChI=1S/C24H38N4O/c1-6-7-12-27-13-10-19(11-14-27)22-16-25-23-9-8-20(15-21(22)23)28(18(4)5)24(29)26-17(2)3/h8-9,15-19,25H,6-7,10-14H2,1-5H3,(H,26,29). The van der Waals surface area contributed by atoms with Gasteiger partial charge in [0.2, 0.25) is 0 Å². The molecule has 29 heavy (non-hydrogen) atoms. The van der Waals surface area contributed by atoms with E-state index in [2.05, 4.69) is 60.4 Å². The number of fused-ring (bicyclic) bond motifs is 1. The molecule has 5 heteroatoms. The molecule has 1 aromatic heterocycles. The first-order valence-electron chi connectivity index (χ1n) is 11.3. The number of hydrogen-bond donors (Lipinski definition) is 2. The average molecular weight is 399 g/mol. The van der Waals surface area contributed by atoms with Crippen molar-refractivity contribution < 1.29 is 4.79 Å². The zero-order chi connectivity index (χ0) is 21.0. The molecule has 0 atom stereocenters. The van der Waals surface area contributed by atoms with E-state index in [4.69, 9.17) is 0 Å². The van der Waals surface area contributed by atoms with E-state index in [1.807, 2.05) is 18.7 Å². The minimum absolute atomic E-state index is 0.0318. The highest BCUT2D eigenvalue weighted by Crippen LogP contribution is 2.35. The van der Waals surface area contributed by atoms with Gasteiger partial charge in [-0.05, 0) is 96.3 Å². The molecule has 2 amide bonds. The van der Waals surface area contributed by atoms with Crippen LogP contribution in [0.1, 0.15) is 71.8 Å². The first-order valence-corrected chi connectivity index (χ1v) is 11.3. The first kappa shape index (κ1) is 21.7. The number of nitrogens with one attached hydrogen (secondary N) is 2. The fraction of sp³-hybridized carbons (Fsp3) is 0.625. The predicted octanol–water partition coefficient (Wildman–Crippen LogP) is 5.48. The number of amides is 2. The van der Waals surface area contributed by atoms with Gasteiger partial charge in [0.15, 0.2) is 0 Å². The van der Waals surface area contributed by atoms with E-state index in [1.54, 1.807) is 0 Å². The quantitative estimate of drug-likeness (QED) is 0.649. The van der Waals surface area contributed by atoms with Gasteiger partial charge in [-0.25, -0.2) is 4.79 Å². The highest BCUT2D eigenvalue weighted by atomic mass is 16.2. The summed E-state index contributed by atoms with van der Waals surface area (Å²) in [4.78, 5) is 20.7. The zero-order valence-electron chi connectivity index (χ0n) is 18.8. The Labute approximate surface area is 175 Å². The van der Waals surface area contributed by atoms with Crippen molar-refractivity contribution in [3.63, 3.8) is 0 Å². The number of benzene rings is 1. The number of carbonyl (C=O) groups is 1. The van der Waals surface area contributed by atoms with E-state index >= 15 is 0 Å². The highest BCUT2D eigenvalue weighted by Gasteiger charge is 2.24. The van der Waals surface area contributed by atoms with Crippen LogP contribution in [0.3, 0.4) is 0 Å². The molecule has 2 aromatic rings. The Balaban J connectivity index is 1.82. The molecule has 3 rings (SSSR count). The van der Waals surface area contributed by atoms with Gasteiger partial charge in [0, 0.05) is 34.9 Å². The summed E-state index contributed by atoms with van der Waals surface area (Å²) in [5, 5.41) is 4.30. The SMILES string of the molecule is CCCCN1CCC(c2c[nH]c3ccc(N(C(=O)NC(C)C)C(C)C)cc23)CC1. The summed E-state index contributed by atoms with van der Waals surface area (Å²) in [6.07, 6.45) is 7.17. The van der Waals surface area contributed by atoms with Gasteiger partial charge >= 0.3 is 6.03 Å². The summed E-state index contributed by atoms with van der Waals surface area (Å²) >= 11 is 0. The highest BCUT2D eigenvalue weighted by molar-refractivity contribution is 5.96. The Morgan fingerprint density at radius 3 is 2.59 bits per heavy atom. The van der Waals surface area contributed by atoms with Gasteiger partial charge in [0.25, 0.3) is 0 Å². The molecule has 2 heterocycles. The van der Waals surface area contributed by atoms with Crippen LogP contribution in [0.25, 0.3) is 10.9 Å². The van der Waals surface area contributed by atoms with Crippen molar-refractivity contribution in [1.82, 2.24) is 15.2 Å². The molecule has 1 fully saturated rings. The number of aromatic nitrogens is 1. The van der Waals surface area contributed by atoms with Crippen LogP contribution in [0.15, 0.2) is 24.4 Å². The van der Waals surface area contributed by atoms with Gasteiger partial charge in [-0.3, -0.25) is 4.90 Å². The Morgan fingerprint density at radius 2 is 1.97 bits per heavy atom. The Bertz CT molecular complexity index is 802.